The zero-order valence-corrected chi connectivity index (χ0v) is 12.4. The number of benzene rings is 2. The number of rotatable bonds is 5. The Morgan fingerprint density at radius 1 is 1.10 bits per heavy atom. The second-order valence-corrected chi connectivity index (χ2v) is 5.23. The van der Waals surface area contributed by atoms with Crippen LogP contribution in [0.5, 0.6) is 0 Å². The first-order valence-corrected chi connectivity index (χ1v) is 7.18. The number of hydrogen-bond acceptors (Lipinski definition) is 1. The van der Waals surface area contributed by atoms with Gasteiger partial charge < -0.3 is 5.32 Å². The second-order valence-electron chi connectivity index (χ2n) is 5.23. The van der Waals surface area contributed by atoms with Crippen molar-refractivity contribution in [2.75, 3.05) is 7.05 Å². The molecule has 2 rings (SSSR count). The van der Waals surface area contributed by atoms with Crippen molar-refractivity contribution in [3.63, 3.8) is 0 Å². The van der Waals surface area contributed by atoms with E-state index in [4.69, 9.17) is 0 Å². The van der Waals surface area contributed by atoms with Crippen LogP contribution in [0, 0.1) is 12.7 Å². The smallest absolute Gasteiger partial charge is 0.126 e. The van der Waals surface area contributed by atoms with E-state index in [-0.39, 0.29) is 11.9 Å². The highest BCUT2D eigenvalue weighted by Gasteiger charge is 2.13. The van der Waals surface area contributed by atoms with Gasteiger partial charge in [-0.05, 0) is 48.7 Å². The normalized spacial score (nSPS) is 12.4. The van der Waals surface area contributed by atoms with Crippen molar-refractivity contribution in [1.29, 1.82) is 0 Å². The SMILES string of the molecule is CCCc1cccc(C(NC)c2ccc(F)c(C)c2)c1. The van der Waals surface area contributed by atoms with E-state index in [1.54, 1.807) is 13.0 Å². The largest absolute Gasteiger partial charge is 0.309 e. The number of halogens is 1. The molecule has 2 aromatic rings. The van der Waals surface area contributed by atoms with E-state index >= 15 is 0 Å². The van der Waals surface area contributed by atoms with Crippen LogP contribution >= 0.6 is 0 Å². The van der Waals surface area contributed by atoms with Crippen LogP contribution < -0.4 is 5.32 Å². The Kier molecular flexibility index (Phi) is 4.91. The van der Waals surface area contributed by atoms with Crippen molar-refractivity contribution < 1.29 is 4.39 Å². The Bertz CT molecular complexity index is 577. The summed E-state index contributed by atoms with van der Waals surface area (Å²) in [5.41, 5.74) is 4.36. The van der Waals surface area contributed by atoms with Crippen LogP contribution in [0.15, 0.2) is 42.5 Å². The minimum absolute atomic E-state index is 0.103. The van der Waals surface area contributed by atoms with Crippen molar-refractivity contribution in [1.82, 2.24) is 5.32 Å². The predicted molar refractivity (Wildman–Crippen MR) is 82.5 cm³/mol. The van der Waals surface area contributed by atoms with Crippen LogP contribution in [0.1, 0.15) is 41.6 Å². The van der Waals surface area contributed by atoms with Crippen molar-refractivity contribution >= 4 is 0 Å². The zero-order chi connectivity index (χ0) is 14.5. The molecule has 20 heavy (non-hydrogen) atoms. The van der Waals surface area contributed by atoms with E-state index in [0.717, 1.165) is 18.4 Å². The molecule has 0 aliphatic carbocycles. The summed E-state index contributed by atoms with van der Waals surface area (Å²) in [4.78, 5) is 0. The van der Waals surface area contributed by atoms with Crippen LogP contribution in [-0.4, -0.2) is 7.05 Å². The Balaban J connectivity index is 2.36. The van der Waals surface area contributed by atoms with E-state index in [1.165, 1.54) is 11.1 Å². The van der Waals surface area contributed by atoms with E-state index in [0.29, 0.717) is 5.56 Å². The fourth-order valence-corrected chi connectivity index (χ4v) is 2.59. The molecule has 0 radical (unpaired) electrons. The fourth-order valence-electron chi connectivity index (χ4n) is 2.59. The molecule has 106 valence electrons. The number of nitrogens with one attached hydrogen (secondary N) is 1. The van der Waals surface area contributed by atoms with Crippen LogP contribution in [0.3, 0.4) is 0 Å². The van der Waals surface area contributed by atoms with Gasteiger partial charge in [-0.1, -0.05) is 49.7 Å². The van der Waals surface area contributed by atoms with Crippen LogP contribution in [0.4, 0.5) is 4.39 Å². The highest BCUT2D eigenvalue weighted by atomic mass is 19.1. The number of hydrogen-bond donors (Lipinski definition) is 1. The lowest BCUT2D eigenvalue weighted by atomic mass is 9.95. The third-order valence-corrected chi connectivity index (χ3v) is 3.63. The van der Waals surface area contributed by atoms with Crippen molar-refractivity contribution in [3.05, 3.63) is 70.5 Å². The van der Waals surface area contributed by atoms with Crippen molar-refractivity contribution in [2.24, 2.45) is 0 Å². The lowest BCUT2D eigenvalue weighted by molar-refractivity contribution is 0.614. The van der Waals surface area contributed by atoms with Gasteiger partial charge in [-0.2, -0.15) is 0 Å². The predicted octanol–water partition coefficient (Wildman–Crippen LogP) is 4.40. The molecule has 0 aliphatic heterocycles. The summed E-state index contributed by atoms with van der Waals surface area (Å²) in [6.07, 6.45) is 2.23. The highest BCUT2D eigenvalue weighted by molar-refractivity contribution is 5.36. The molecular formula is C18H22FN. The van der Waals surface area contributed by atoms with Crippen molar-refractivity contribution in [3.8, 4) is 0 Å². The summed E-state index contributed by atoms with van der Waals surface area (Å²) in [5.74, 6) is -0.150. The van der Waals surface area contributed by atoms with Gasteiger partial charge in [-0.3, -0.25) is 0 Å². The maximum Gasteiger partial charge on any atom is 0.126 e. The summed E-state index contributed by atoms with van der Waals surface area (Å²) in [5, 5.41) is 3.33. The summed E-state index contributed by atoms with van der Waals surface area (Å²) in [7, 11) is 1.94. The molecule has 0 aliphatic rings. The van der Waals surface area contributed by atoms with Gasteiger partial charge in [0.05, 0.1) is 6.04 Å². The van der Waals surface area contributed by atoms with Gasteiger partial charge in [0, 0.05) is 0 Å². The molecule has 1 nitrogen and oxygen atoms in total. The molecule has 1 atom stereocenters. The topological polar surface area (TPSA) is 12.0 Å². The van der Waals surface area contributed by atoms with Crippen molar-refractivity contribution in [2.45, 2.75) is 32.7 Å². The zero-order valence-electron chi connectivity index (χ0n) is 12.4. The Labute approximate surface area is 120 Å². The summed E-state index contributed by atoms with van der Waals surface area (Å²) in [6, 6.07) is 14.1. The number of aryl methyl sites for hydroxylation is 2. The second kappa shape index (κ2) is 6.67. The Morgan fingerprint density at radius 2 is 1.85 bits per heavy atom. The van der Waals surface area contributed by atoms with Gasteiger partial charge in [0.1, 0.15) is 5.82 Å². The standard InChI is InChI=1S/C18H22FN/c1-4-6-14-7-5-8-15(12-14)18(20-3)16-9-10-17(19)13(2)11-16/h5,7-12,18,20H,4,6H2,1-3H3. The third-order valence-electron chi connectivity index (χ3n) is 3.63. The van der Waals surface area contributed by atoms with E-state index in [1.807, 2.05) is 19.2 Å². The third kappa shape index (κ3) is 3.26. The first-order valence-electron chi connectivity index (χ1n) is 7.18. The van der Waals surface area contributed by atoms with Gasteiger partial charge in [0.2, 0.25) is 0 Å². The lowest BCUT2D eigenvalue weighted by Crippen LogP contribution is -2.18. The first-order chi connectivity index (χ1) is 9.65. The molecule has 0 heterocycles. The highest BCUT2D eigenvalue weighted by Crippen LogP contribution is 2.24. The maximum atomic E-state index is 13.4. The van der Waals surface area contributed by atoms with Gasteiger partial charge in [-0.25, -0.2) is 4.39 Å². The van der Waals surface area contributed by atoms with E-state index < -0.39 is 0 Å². The molecule has 2 aromatic carbocycles. The molecule has 2 heteroatoms. The van der Waals surface area contributed by atoms with Crippen LogP contribution in [0.2, 0.25) is 0 Å². The maximum absolute atomic E-state index is 13.4. The molecule has 1 N–H and O–H groups in total. The Morgan fingerprint density at radius 3 is 2.50 bits per heavy atom. The molecule has 0 fully saturated rings. The molecule has 0 spiro atoms. The van der Waals surface area contributed by atoms with Crippen LogP contribution in [-0.2, 0) is 6.42 Å². The summed E-state index contributed by atoms with van der Waals surface area (Å²) < 4.78 is 13.4. The van der Waals surface area contributed by atoms with E-state index in [9.17, 15) is 4.39 Å². The average Bonchev–Trinajstić information content (AvgIpc) is 2.44. The van der Waals surface area contributed by atoms with Gasteiger partial charge in [0.25, 0.3) is 0 Å². The summed E-state index contributed by atoms with van der Waals surface area (Å²) >= 11 is 0. The first kappa shape index (κ1) is 14.7. The van der Waals surface area contributed by atoms with Gasteiger partial charge >= 0.3 is 0 Å². The average molecular weight is 271 g/mol. The molecule has 0 saturated carbocycles. The van der Waals surface area contributed by atoms with E-state index in [2.05, 4.69) is 36.5 Å². The van der Waals surface area contributed by atoms with Gasteiger partial charge in [-0.15, -0.1) is 0 Å². The minimum Gasteiger partial charge on any atom is -0.309 e. The molecule has 0 amide bonds. The van der Waals surface area contributed by atoms with Gasteiger partial charge in [0.15, 0.2) is 0 Å². The molecular weight excluding hydrogens is 249 g/mol. The van der Waals surface area contributed by atoms with Crippen LogP contribution in [0.25, 0.3) is 0 Å². The molecule has 0 bridgehead atoms. The summed E-state index contributed by atoms with van der Waals surface area (Å²) in [6.45, 7) is 3.99. The monoisotopic (exact) mass is 271 g/mol. The minimum atomic E-state index is -0.150. The lowest BCUT2D eigenvalue weighted by Gasteiger charge is -2.19. The fraction of sp³-hybridized carbons (Fsp3) is 0.333. The Hall–Kier alpha value is -1.67. The molecule has 1 unspecified atom stereocenters. The quantitative estimate of drug-likeness (QED) is 0.850. The molecule has 0 saturated heterocycles. The molecule has 0 aromatic heterocycles.